The molecule has 0 amide bonds. The van der Waals surface area contributed by atoms with Crippen LogP contribution in [0.2, 0.25) is 0 Å². The monoisotopic (exact) mass is 242 g/mol. The first kappa shape index (κ1) is 9.40. The Morgan fingerprint density at radius 2 is 0.947 bits per heavy atom. The van der Waals surface area contributed by atoms with Gasteiger partial charge in [-0.15, -0.1) is 0 Å². The normalized spacial score (nSPS) is 12.2. The molecule has 0 aliphatic carbocycles. The zero-order valence-electron chi connectivity index (χ0n) is 10.2. The second-order valence-electron chi connectivity index (χ2n) is 5.01. The van der Waals surface area contributed by atoms with Crippen molar-refractivity contribution in [3.63, 3.8) is 0 Å². The van der Waals surface area contributed by atoms with Crippen molar-refractivity contribution < 1.29 is 4.42 Å². The smallest absolute Gasteiger partial charge is 0.136 e. The highest BCUT2D eigenvalue weighted by molar-refractivity contribution is 6.32. The highest BCUT2D eigenvalue weighted by atomic mass is 16.3. The first-order chi connectivity index (χ1) is 9.43. The molecule has 0 bridgehead atoms. The molecule has 0 unspecified atom stereocenters. The highest BCUT2D eigenvalue weighted by Gasteiger charge is 2.15. The van der Waals surface area contributed by atoms with Crippen molar-refractivity contribution in [1.29, 1.82) is 0 Å². The third-order valence-electron chi connectivity index (χ3n) is 4.03. The van der Waals surface area contributed by atoms with Crippen LogP contribution in [-0.4, -0.2) is 0 Å². The van der Waals surface area contributed by atoms with E-state index in [1.54, 1.807) is 0 Å². The van der Waals surface area contributed by atoms with E-state index in [1.807, 2.05) is 0 Å². The molecule has 1 nitrogen and oxygen atoms in total. The lowest BCUT2D eigenvalue weighted by atomic mass is 9.95. The quantitative estimate of drug-likeness (QED) is 0.334. The zero-order chi connectivity index (χ0) is 12.4. The summed E-state index contributed by atoms with van der Waals surface area (Å²) >= 11 is 0. The second-order valence-corrected chi connectivity index (χ2v) is 5.01. The summed E-state index contributed by atoms with van der Waals surface area (Å²) in [4.78, 5) is 0. The van der Waals surface area contributed by atoms with Crippen molar-refractivity contribution in [3.05, 3.63) is 60.7 Å². The standard InChI is InChI=1S/C18H10O/c1-2-6-12-11(5-1)13-7-3-9-15-17(13)18-14(12)8-4-10-16(18)19-15/h1-10H. The Hall–Kier alpha value is -2.54. The minimum atomic E-state index is 0.981. The summed E-state index contributed by atoms with van der Waals surface area (Å²) in [5.74, 6) is 0. The van der Waals surface area contributed by atoms with E-state index in [0.29, 0.717) is 0 Å². The fraction of sp³-hybridized carbons (Fsp3) is 0. The molecular formula is C18H10O. The largest absolute Gasteiger partial charge is 0.456 e. The lowest BCUT2D eigenvalue weighted by Crippen LogP contribution is -1.80. The maximum Gasteiger partial charge on any atom is 0.136 e. The molecule has 0 atom stereocenters. The number of furan rings is 1. The lowest BCUT2D eigenvalue weighted by Gasteiger charge is -2.07. The van der Waals surface area contributed by atoms with Crippen LogP contribution in [0.4, 0.5) is 0 Å². The summed E-state index contributed by atoms with van der Waals surface area (Å²) in [6.07, 6.45) is 0. The van der Waals surface area contributed by atoms with E-state index in [2.05, 4.69) is 60.7 Å². The van der Waals surface area contributed by atoms with Crippen LogP contribution in [0.25, 0.3) is 43.5 Å². The Labute approximate surface area is 109 Å². The average molecular weight is 242 g/mol. The Bertz CT molecular complexity index is 969. The van der Waals surface area contributed by atoms with E-state index in [-0.39, 0.29) is 0 Å². The van der Waals surface area contributed by atoms with Crippen molar-refractivity contribution in [2.45, 2.75) is 0 Å². The Kier molecular flexibility index (Phi) is 1.52. The SMILES string of the molecule is c1ccc2c(c1)c1cccc3oc4cccc2c4c31. The fourth-order valence-corrected chi connectivity index (χ4v) is 3.27. The Morgan fingerprint density at radius 1 is 0.474 bits per heavy atom. The molecular weight excluding hydrogens is 232 g/mol. The summed E-state index contributed by atoms with van der Waals surface area (Å²) in [5, 5.41) is 7.68. The molecule has 1 heteroatoms. The minimum absolute atomic E-state index is 0.981. The van der Waals surface area contributed by atoms with Gasteiger partial charge in [-0.1, -0.05) is 48.5 Å². The molecule has 1 aromatic heterocycles. The van der Waals surface area contributed by atoms with Crippen LogP contribution in [-0.2, 0) is 0 Å². The van der Waals surface area contributed by atoms with Crippen LogP contribution >= 0.6 is 0 Å². The number of hydrogen-bond donors (Lipinski definition) is 0. The summed E-state index contributed by atoms with van der Waals surface area (Å²) in [6, 6.07) is 21.2. The predicted octanol–water partition coefficient (Wildman–Crippen LogP) is 5.33. The molecule has 5 rings (SSSR count). The van der Waals surface area contributed by atoms with Crippen LogP contribution in [0.1, 0.15) is 0 Å². The molecule has 19 heavy (non-hydrogen) atoms. The van der Waals surface area contributed by atoms with E-state index < -0.39 is 0 Å². The van der Waals surface area contributed by atoms with Gasteiger partial charge < -0.3 is 4.42 Å². The van der Waals surface area contributed by atoms with Crippen LogP contribution < -0.4 is 0 Å². The van der Waals surface area contributed by atoms with E-state index >= 15 is 0 Å². The van der Waals surface area contributed by atoms with Crippen LogP contribution in [0.3, 0.4) is 0 Å². The maximum atomic E-state index is 5.99. The molecule has 0 N–H and O–H groups in total. The van der Waals surface area contributed by atoms with Gasteiger partial charge in [0.15, 0.2) is 0 Å². The first-order valence-corrected chi connectivity index (χ1v) is 6.47. The van der Waals surface area contributed by atoms with Crippen LogP contribution in [0.5, 0.6) is 0 Å². The summed E-state index contributed by atoms with van der Waals surface area (Å²) in [6.45, 7) is 0. The van der Waals surface area contributed by atoms with Gasteiger partial charge in [0.25, 0.3) is 0 Å². The number of benzene rings is 4. The molecule has 0 fully saturated rings. The molecule has 0 radical (unpaired) electrons. The molecule has 88 valence electrons. The minimum Gasteiger partial charge on any atom is -0.456 e. The molecule has 0 spiro atoms. The fourth-order valence-electron chi connectivity index (χ4n) is 3.27. The molecule has 1 heterocycles. The van der Waals surface area contributed by atoms with Crippen molar-refractivity contribution in [3.8, 4) is 0 Å². The van der Waals surface area contributed by atoms with E-state index in [0.717, 1.165) is 11.2 Å². The van der Waals surface area contributed by atoms with Gasteiger partial charge in [-0.3, -0.25) is 0 Å². The van der Waals surface area contributed by atoms with Gasteiger partial charge in [-0.05, 0) is 33.7 Å². The molecule has 0 saturated carbocycles. The van der Waals surface area contributed by atoms with E-state index in [1.165, 1.54) is 32.3 Å². The lowest BCUT2D eigenvalue weighted by molar-refractivity contribution is 0.669. The van der Waals surface area contributed by atoms with Crippen molar-refractivity contribution in [2.24, 2.45) is 0 Å². The number of fused-ring (bicyclic) bond motifs is 3. The van der Waals surface area contributed by atoms with Gasteiger partial charge in [-0.2, -0.15) is 0 Å². The molecule has 0 aliphatic heterocycles. The second kappa shape index (κ2) is 3.07. The predicted molar refractivity (Wildman–Crippen MR) is 79.9 cm³/mol. The van der Waals surface area contributed by atoms with Gasteiger partial charge in [0.05, 0.1) is 0 Å². The maximum absolute atomic E-state index is 5.99. The van der Waals surface area contributed by atoms with Gasteiger partial charge in [0, 0.05) is 10.8 Å². The topological polar surface area (TPSA) is 13.1 Å². The molecule has 5 aromatic rings. The van der Waals surface area contributed by atoms with Crippen molar-refractivity contribution >= 4 is 43.5 Å². The van der Waals surface area contributed by atoms with Gasteiger partial charge >= 0.3 is 0 Å². The highest BCUT2D eigenvalue weighted by Crippen LogP contribution is 2.41. The average Bonchev–Trinajstić information content (AvgIpc) is 2.86. The Morgan fingerprint density at radius 3 is 1.47 bits per heavy atom. The molecule has 4 aromatic carbocycles. The Balaban J connectivity index is 2.34. The molecule has 0 aliphatic rings. The third kappa shape index (κ3) is 1.02. The number of rotatable bonds is 0. The van der Waals surface area contributed by atoms with Crippen molar-refractivity contribution in [2.75, 3.05) is 0 Å². The van der Waals surface area contributed by atoms with Crippen molar-refractivity contribution in [1.82, 2.24) is 0 Å². The van der Waals surface area contributed by atoms with Crippen LogP contribution in [0, 0.1) is 0 Å². The zero-order valence-corrected chi connectivity index (χ0v) is 10.2. The van der Waals surface area contributed by atoms with E-state index in [4.69, 9.17) is 4.42 Å². The third-order valence-corrected chi connectivity index (χ3v) is 4.03. The summed E-state index contributed by atoms with van der Waals surface area (Å²) < 4.78 is 5.99. The van der Waals surface area contributed by atoms with Gasteiger partial charge in [0.2, 0.25) is 0 Å². The van der Waals surface area contributed by atoms with E-state index in [9.17, 15) is 0 Å². The summed E-state index contributed by atoms with van der Waals surface area (Å²) in [7, 11) is 0. The summed E-state index contributed by atoms with van der Waals surface area (Å²) in [5.41, 5.74) is 1.96. The van der Waals surface area contributed by atoms with Gasteiger partial charge in [-0.25, -0.2) is 0 Å². The molecule has 0 saturated heterocycles. The van der Waals surface area contributed by atoms with Gasteiger partial charge in [0.1, 0.15) is 11.2 Å². The first-order valence-electron chi connectivity index (χ1n) is 6.47. The van der Waals surface area contributed by atoms with Crippen LogP contribution in [0.15, 0.2) is 65.1 Å². The number of hydrogen-bond acceptors (Lipinski definition) is 1.